The van der Waals surface area contributed by atoms with E-state index >= 15 is 0 Å². The summed E-state index contributed by atoms with van der Waals surface area (Å²) in [7, 11) is 3.42. The molecule has 0 saturated carbocycles. The number of hydrogen-bond acceptors (Lipinski definition) is 3. The lowest BCUT2D eigenvalue weighted by molar-refractivity contribution is -0.128. The van der Waals surface area contributed by atoms with E-state index in [1.165, 1.54) is 18.4 Å². The normalized spacial score (nSPS) is 16.4. The average molecular weight is 487 g/mol. The van der Waals surface area contributed by atoms with Crippen molar-refractivity contribution in [2.75, 3.05) is 40.3 Å². The number of rotatable bonds is 7. The number of carbonyl (C=O) groups excluding carboxylic acids is 1. The van der Waals surface area contributed by atoms with Crippen LogP contribution in [0.4, 0.5) is 0 Å². The molecular formula is C20H34IN5O. The first-order valence-corrected chi connectivity index (χ1v) is 9.43. The molecule has 1 amide bonds. The number of benzene rings is 1. The molecule has 1 aliphatic rings. The molecule has 152 valence electrons. The molecule has 27 heavy (non-hydrogen) atoms. The van der Waals surface area contributed by atoms with Crippen LogP contribution in [0.2, 0.25) is 0 Å². The second-order valence-corrected chi connectivity index (χ2v) is 7.44. The van der Waals surface area contributed by atoms with Crippen LogP contribution in [0.3, 0.4) is 0 Å². The number of guanidine groups is 1. The summed E-state index contributed by atoms with van der Waals surface area (Å²) in [4.78, 5) is 18.8. The van der Waals surface area contributed by atoms with E-state index in [4.69, 9.17) is 0 Å². The molecule has 7 heteroatoms. The molecule has 0 aromatic heterocycles. The van der Waals surface area contributed by atoms with E-state index in [1.807, 2.05) is 13.8 Å². The molecule has 1 atom stereocenters. The topological polar surface area (TPSA) is 68.8 Å². The Kier molecular flexibility index (Phi) is 10.1. The van der Waals surface area contributed by atoms with Crippen molar-refractivity contribution in [3.05, 3.63) is 35.9 Å². The summed E-state index contributed by atoms with van der Waals surface area (Å²) in [6, 6.07) is 10.9. The third-order valence-corrected chi connectivity index (χ3v) is 4.99. The van der Waals surface area contributed by atoms with Crippen LogP contribution < -0.4 is 16.0 Å². The highest BCUT2D eigenvalue weighted by Gasteiger charge is 2.27. The molecule has 6 nitrogen and oxygen atoms in total. The van der Waals surface area contributed by atoms with Gasteiger partial charge >= 0.3 is 0 Å². The summed E-state index contributed by atoms with van der Waals surface area (Å²) in [5.41, 5.74) is 0.822. The molecule has 0 spiro atoms. The summed E-state index contributed by atoms with van der Waals surface area (Å²) < 4.78 is 0. The maximum atomic E-state index is 11.9. The number of halogens is 1. The zero-order valence-electron chi connectivity index (χ0n) is 16.9. The zero-order chi connectivity index (χ0) is 19.0. The van der Waals surface area contributed by atoms with E-state index in [1.54, 1.807) is 14.1 Å². The smallest absolute Gasteiger partial charge is 0.227 e. The minimum Gasteiger partial charge on any atom is -0.359 e. The van der Waals surface area contributed by atoms with Gasteiger partial charge in [0.15, 0.2) is 5.96 Å². The van der Waals surface area contributed by atoms with Gasteiger partial charge < -0.3 is 16.0 Å². The molecule has 1 fully saturated rings. The van der Waals surface area contributed by atoms with Gasteiger partial charge in [-0.1, -0.05) is 30.3 Å². The summed E-state index contributed by atoms with van der Waals surface area (Å²) in [6.07, 6.45) is 2.52. The van der Waals surface area contributed by atoms with Gasteiger partial charge in [0.1, 0.15) is 0 Å². The Morgan fingerprint density at radius 1 is 1.19 bits per heavy atom. The van der Waals surface area contributed by atoms with E-state index in [9.17, 15) is 4.79 Å². The first kappa shape index (κ1) is 23.7. The van der Waals surface area contributed by atoms with E-state index in [2.05, 4.69) is 56.2 Å². The van der Waals surface area contributed by atoms with E-state index < -0.39 is 5.41 Å². The third-order valence-electron chi connectivity index (χ3n) is 4.99. The van der Waals surface area contributed by atoms with E-state index in [0.717, 1.165) is 25.6 Å². The highest BCUT2D eigenvalue weighted by molar-refractivity contribution is 14.0. The second-order valence-electron chi connectivity index (χ2n) is 7.44. The quantitative estimate of drug-likeness (QED) is 0.314. The molecule has 0 radical (unpaired) electrons. The lowest BCUT2D eigenvalue weighted by atomic mass is 9.92. The maximum Gasteiger partial charge on any atom is 0.227 e. The van der Waals surface area contributed by atoms with Gasteiger partial charge in [-0.3, -0.25) is 14.7 Å². The number of nitrogens with zero attached hydrogens (tertiary/aromatic N) is 2. The van der Waals surface area contributed by atoms with Crippen LogP contribution in [0.15, 0.2) is 35.3 Å². The molecule has 0 bridgehead atoms. The van der Waals surface area contributed by atoms with Crippen molar-refractivity contribution in [3.8, 4) is 0 Å². The Morgan fingerprint density at radius 2 is 1.81 bits per heavy atom. The van der Waals surface area contributed by atoms with Crippen LogP contribution in [-0.2, 0) is 4.79 Å². The van der Waals surface area contributed by atoms with Crippen LogP contribution in [-0.4, -0.2) is 57.0 Å². The van der Waals surface area contributed by atoms with Crippen molar-refractivity contribution in [2.24, 2.45) is 10.4 Å². The van der Waals surface area contributed by atoms with Gasteiger partial charge in [-0.15, -0.1) is 24.0 Å². The first-order chi connectivity index (χ1) is 12.5. The van der Waals surface area contributed by atoms with Crippen LogP contribution >= 0.6 is 24.0 Å². The van der Waals surface area contributed by atoms with Crippen LogP contribution in [0, 0.1) is 5.41 Å². The molecule has 0 aliphatic carbocycles. The van der Waals surface area contributed by atoms with Crippen molar-refractivity contribution >= 4 is 35.8 Å². The van der Waals surface area contributed by atoms with Crippen molar-refractivity contribution in [3.63, 3.8) is 0 Å². The molecular weight excluding hydrogens is 453 g/mol. The minimum absolute atomic E-state index is 0. The van der Waals surface area contributed by atoms with Crippen molar-refractivity contribution in [1.82, 2.24) is 20.9 Å². The van der Waals surface area contributed by atoms with Gasteiger partial charge in [-0.2, -0.15) is 0 Å². The fourth-order valence-electron chi connectivity index (χ4n) is 3.32. The predicted octanol–water partition coefficient (Wildman–Crippen LogP) is 2.38. The minimum atomic E-state index is -0.500. The summed E-state index contributed by atoms with van der Waals surface area (Å²) in [6.45, 7) is 7.41. The molecule has 1 aliphatic heterocycles. The molecule has 2 rings (SSSR count). The number of carbonyl (C=O) groups is 1. The maximum absolute atomic E-state index is 11.9. The molecule has 1 heterocycles. The first-order valence-electron chi connectivity index (χ1n) is 9.43. The lowest BCUT2D eigenvalue weighted by Crippen LogP contribution is -2.48. The van der Waals surface area contributed by atoms with Crippen LogP contribution in [0.5, 0.6) is 0 Å². The van der Waals surface area contributed by atoms with Gasteiger partial charge in [0.2, 0.25) is 5.91 Å². The molecule has 1 aromatic carbocycles. The fraction of sp³-hybridized carbons (Fsp3) is 0.600. The second kappa shape index (κ2) is 11.5. The number of likely N-dealkylation sites (tertiary alicyclic amines) is 1. The Balaban J connectivity index is 0.00000364. The number of nitrogens with one attached hydrogen (secondary N) is 3. The van der Waals surface area contributed by atoms with Gasteiger partial charge in [0.05, 0.1) is 11.5 Å². The van der Waals surface area contributed by atoms with Gasteiger partial charge in [-0.05, 0) is 45.3 Å². The number of hydrogen-bond donors (Lipinski definition) is 3. The van der Waals surface area contributed by atoms with Crippen LogP contribution in [0.1, 0.15) is 38.3 Å². The Labute approximate surface area is 180 Å². The monoisotopic (exact) mass is 487 g/mol. The van der Waals surface area contributed by atoms with E-state index in [0.29, 0.717) is 12.6 Å². The lowest BCUT2D eigenvalue weighted by Gasteiger charge is -2.29. The summed E-state index contributed by atoms with van der Waals surface area (Å²) >= 11 is 0. The van der Waals surface area contributed by atoms with Crippen molar-refractivity contribution in [2.45, 2.75) is 32.7 Å². The van der Waals surface area contributed by atoms with Crippen molar-refractivity contribution in [1.29, 1.82) is 0 Å². The van der Waals surface area contributed by atoms with Gasteiger partial charge in [-0.25, -0.2) is 0 Å². The zero-order valence-corrected chi connectivity index (χ0v) is 19.2. The van der Waals surface area contributed by atoms with Gasteiger partial charge in [0.25, 0.3) is 0 Å². The average Bonchev–Trinajstić information content (AvgIpc) is 3.19. The Hall–Kier alpha value is -1.35. The molecule has 1 aromatic rings. The van der Waals surface area contributed by atoms with Crippen molar-refractivity contribution < 1.29 is 4.79 Å². The highest BCUT2D eigenvalue weighted by atomic mass is 127. The van der Waals surface area contributed by atoms with E-state index in [-0.39, 0.29) is 29.9 Å². The van der Waals surface area contributed by atoms with Gasteiger partial charge in [0, 0.05) is 27.2 Å². The predicted molar refractivity (Wildman–Crippen MR) is 123 cm³/mol. The number of aliphatic imine (C=N–C) groups is 1. The summed E-state index contributed by atoms with van der Waals surface area (Å²) in [5, 5.41) is 9.43. The third kappa shape index (κ3) is 6.95. The molecule has 3 N–H and O–H groups in total. The Bertz CT molecular complexity index is 600. The highest BCUT2D eigenvalue weighted by Crippen LogP contribution is 2.24. The SMILES string of the molecule is CN=C(NCC(c1ccccc1)N1CCCC1)NCC(C)(C)C(=O)NC.I. The number of amides is 1. The van der Waals surface area contributed by atoms with Crippen LogP contribution in [0.25, 0.3) is 0 Å². The molecule has 1 saturated heterocycles. The Morgan fingerprint density at radius 3 is 2.37 bits per heavy atom. The standard InChI is InChI=1S/C20H33N5O.HI/c1-20(2,18(26)21-3)15-24-19(22-4)23-14-17(25-12-8-9-13-25)16-10-6-5-7-11-16;/h5-7,10-11,17H,8-9,12-15H2,1-4H3,(H,21,26)(H2,22,23,24);1H. The largest absolute Gasteiger partial charge is 0.359 e. The summed E-state index contributed by atoms with van der Waals surface area (Å²) in [5.74, 6) is 0.738. The molecule has 1 unspecified atom stereocenters. The fourth-order valence-corrected chi connectivity index (χ4v) is 3.32.